The molecule has 0 saturated heterocycles. The molecule has 0 fully saturated rings. The van der Waals surface area contributed by atoms with Gasteiger partial charge >= 0.3 is 0 Å². The number of aromatic hydroxyl groups is 1. The molecule has 1 aromatic heterocycles. The van der Waals surface area contributed by atoms with Crippen molar-refractivity contribution in [3.8, 4) is 5.75 Å². The minimum atomic E-state index is -0.232. The molecule has 3 nitrogen and oxygen atoms in total. The average Bonchev–Trinajstić information content (AvgIpc) is 2.46. The number of allylic oxidation sites excluding steroid dienone is 2. The van der Waals surface area contributed by atoms with Crippen LogP contribution in [0.4, 0.5) is 0 Å². The third-order valence-corrected chi connectivity index (χ3v) is 2.62. The van der Waals surface area contributed by atoms with Gasteiger partial charge in [-0.15, -0.1) is 0 Å². The molecule has 0 aliphatic heterocycles. The van der Waals surface area contributed by atoms with E-state index >= 15 is 0 Å². The van der Waals surface area contributed by atoms with Crippen LogP contribution in [-0.4, -0.2) is 15.9 Å². The van der Waals surface area contributed by atoms with Crippen molar-refractivity contribution in [1.82, 2.24) is 4.98 Å². The monoisotopic (exact) mass is 251 g/mol. The van der Waals surface area contributed by atoms with E-state index in [4.69, 9.17) is 0 Å². The molecule has 0 atom stereocenters. The average molecular weight is 251 g/mol. The van der Waals surface area contributed by atoms with Crippen LogP contribution in [0.15, 0.2) is 67.4 Å². The number of nitrogens with zero attached hydrogens (tertiary/aromatic N) is 1. The largest absolute Gasteiger partial charge is 0.507 e. The van der Waals surface area contributed by atoms with E-state index < -0.39 is 0 Å². The first-order chi connectivity index (χ1) is 9.22. The predicted octanol–water partition coefficient (Wildman–Crippen LogP) is 2.97. The maximum atomic E-state index is 11.6. The summed E-state index contributed by atoms with van der Waals surface area (Å²) < 4.78 is 0. The molecule has 0 amide bonds. The molecule has 0 aliphatic rings. The van der Waals surface area contributed by atoms with Gasteiger partial charge < -0.3 is 5.11 Å². The number of carbonyl (C=O) groups excluding carboxylic acids is 1. The SMILES string of the molecule is C=CC(=O)C=C(c1ccccn1)c1ccccc1O. The number of carbonyl (C=O) groups is 1. The number of phenols is 1. The zero-order valence-corrected chi connectivity index (χ0v) is 10.3. The Labute approximate surface area is 111 Å². The van der Waals surface area contributed by atoms with Gasteiger partial charge in [0.05, 0.1) is 5.69 Å². The van der Waals surface area contributed by atoms with E-state index in [-0.39, 0.29) is 11.5 Å². The van der Waals surface area contributed by atoms with Gasteiger partial charge in [0.1, 0.15) is 5.75 Å². The van der Waals surface area contributed by atoms with Crippen molar-refractivity contribution >= 4 is 11.4 Å². The molecule has 2 rings (SSSR count). The van der Waals surface area contributed by atoms with E-state index in [0.717, 1.165) is 0 Å². The van der Waals surface area contributed by atoms with Gasteiger partial charge in [0.15, 0.2) is 5.78 Å². The first-order valence-electron chi connectivity index (χ1n) is 5.80. The zero-order valence-electron chi connectivity index (χ0n) is 10.3. The van der Waals surface area contributed by atoms with Gasteiger partial charge in [-0.25, -0.2) is 0 Å². The molecule has 0 spiro atoms. The van der Waals surface area contributed by atoms with Crippen LogP contribution in [0, 0.1) is 0 Å². The van der Waals surface area contributed by atoms with E-state index in [1.54, 1.807) is 42.6 Å². The highest BCUT2D eigenvalue weighted by molar-refractivity contribution is 6.06. The maximum absolute atomic E-state index is 11.6. The van der Waals surface area contributed by atoms with E-state index in [0.29, 0.717) is 16.8 Å². The lowest BCUT2D eigenvalue weighted by atomic mass is 9.99. The highest BCUT2D eigenvalue weighted by Gasteiger charge is 2.11. The van der Waals surface area contributed by atoms with E-state index in [9.17, 15) is 9.90 Å². The molecule has 2 aromatic rings. The molecule has 1 aromatic carbocycles. The Morgan fingerprint density at radius 1 is 1.16 bits per heavy atom. The van der Waals surface area contributed by atoms with Crippen molar-refractivity contribution in [3.05, 3.63) is 78.6 Å². The van der Waals surface area contributed by atoms with Crippen LogP contribution < -0.4 is 0 Å². The minimum Gasteiger partial charge on any atom is -0.507 e. The molecule has 3 heteroatoms. The second-order valence-corrected chi connectivity index (χ2v) is 3.90. The lowest BCUT2D eigenvalue weighted by Gasteiger charge is -2.08. The van der Waals surface area contributed by atoms with Crippen LogP contribution >= 0.6 is 0 Å². The lowest BCUT2D eigenvalue weighted by molar-refractivity contribution is -0.110. The first kappa shape index (κ1) is 12.8. The molecular weight excluding hydrogens is 238 g/mol. The van der Waals surface area contributed by atoms with Gasteiger partial charge in [-0.05, 0) is 30.4 Å². The minimum absolute atomic E-state index is 0.108. The molecular formula is C16H13NO2. The third-order valence-electron chi connectivity index (χ3n) is 2.62. The third kappa shape index (κ3) is 2.96. The van der Waals surface area contributed by atoms with Gasteiger partial charge in [-0.2, -0.15) is 0 Å². The summed E-state index contributed by atoms with van der Waals surface area (Å²) in [5.74, 6) is -0.125. The summed E-state index contributed by atoms with van der Waals surface area (Å²) in [6, 6.07) is 12.2. The fourth-order valence-corrected chi connectivity index (χ4v) is 1.71. The maximum Gasteiger partial charge on any atom is 0.178 e. The zero-order chi connectivity index (χ0) is 13.7. The topological polar surface area (TPSA) is 50.2 Å². The number of rotatable bonds is 4. The number of phenolic OH excluding ortho intramolecular Hbond substituents is 1. The summed E-state index contributed by atoms with van der Waals surface area (Å²) >= 11 is 0. The van der Waals surface area contributed by atoms with E-state index in [1.807, 2.05) is 6.07 Å². The number of aromatic nitrogens is 1. The van der Waals surface area contributed by atoms with Crippen molar-refractivity contribution in [2.45, 2.75) is 0 Å². The van der Waals surface area contributed by atoms with Crippen molar-refractivity contribution in [1.29, 1.82) is 0 Å². The van der Waals surface area contributed by atoms with Gasteiger partial charge in [0.25, 0.3) is 0 Å². The highest BCUT2D eigenvalue weighted by Crippen LogP contribution is 2.28. The Morgan fingerprint density at radius 3 is 2.53 bits per heavy atom. The number of pyridine rings is 1. The van der Waals surface area contributed by atoms with Crippen LogP contribution in [0.25, 0.3) is 5.57 Å². The molecule has 0 aliphatic carbocycles. The number of hydrogen-bond acceptors (Lipinski definition) is 3. The Balaban J connectivity index is 2.60. The van der Waals surface area contributed by atoms with Gasteiger partial charge in [0.2, 0.25) is 0 Å². The summed E-state index contributed by atoms with van der Waals surface area (Å²) in [6.07, 6.45) is 4.29. The van der Waals surface area contributed by atoms with E-state index in [1.165, 1.54) is 12.2 Å². The molecule has 19 heavy (non-hydrogen) atoms. The second kappa shape index (κ2) is 5.78. The second-order valence-electron chi connectivity index (χ2n) is 3.90. The van der Waals surface area contributed by atoms with Crippen molar-refractivity contribution in [2.75, 3.05) is 0 Å². The molecule has 0 bridgehead atoms. The molecule has 0 saturated carbocycles. The molecule has 0 radical (unpaired) electrons. The number of hydrogen-bond donors (Lipinski definition) is 1. The smallest absolute Gasteiger partial charge is 0.178 e. The Morgan fingerprint density at radius 2 is 1.89 bits per heavy atom. The molecule has 1 N–H and O–H groups in total. The van der Waals surface area contributed by atoms with Crippen LogP contribution in [0.1, 0.15) is 11.3 Å². The quantitative estimate of drug-likeness (QED) is 0.850. The molecule has 1 heterocycles. The fraction of sp³-hybridized carbons (Fsp3) is 0. The van der Waals surface area contributed by atoms with Crippen LogP contribution in [0.5, 0.6) is 5.75 Å². The number of benzene rings is 1. The Bertz CT molecular complexity index is 630. The molecule has 94 valence electrons. The van der Waals surface area contributed by atoms with E-state index in [2.05, 4.69) is 11.6 Å². The summed E-state index contributed by atoms with van der Waals surface area (Å²) in [5.41, 5.74) is 1.76. The first-order valence-corrected chi connectivity index (χ1v) is 5.80. The summed E-state index contributed by atoms with van der Waals surface area (Å²) in [5, 5.41) is 9.92. The van der Waals surface area contributed by atoms with Crippen molar-refractivity contribution in [3.63, 3.8) is 0 Å². The standard InChI is InChI=1S/C16H13NO2/c1-2-12(18)11-14(15-8-5-6-10-17-15)13-7-3-4-9-16(13)19/h2-11,19H,1H2. The van der Waals surface area contributed by atoms with Crippen molar-refractivity contribution in [2.24, 2.45) is 0 Å². The fourth-order valence-electron chi connectivity index (χ4n) is 1.71. The predicted molar refractivity (Wildman–Crippen MR) is 74.6 cm³/mol. The van der Waals surface area contributed by atoms with Crippen LogP contribution in [-0.2, 0) is 4.79 Å². The molecule has 0 unspecified atom stereocenters. The number of ketones is 1. The summed E-state index contributed by atoms with van der Waals surface area (Å²) in [4.78, 5) is 15.8. The van der Waals surface area contributed by atoms with Crippen LogP contribution in [0.2, 0.25) is 0 Å². The van der Waals surface area contributed by atoms with Gasteiger partial charge in [-0.1, -0.05) is 30.8 Å². The van der Waals surface area contributed by atoms with Crippen molar-refractivity contribution < 1.29 is 9.90 Å². The van der Waals surface area contributed by atoms with Gasteiger partial charge in [-0.3, -0.25) is 9.78 Å². The van der Waals surface area contributed by atoms with Gasteiger partial charge in [0, 0.05) is 17.3 Å². The normalized spacial score (nSPS) is 11.1. The van der Waals surface area contributed by atoms with Crippen LogP contribution in [0.3, 0.4) is 0 Å². The highest BCUT2D eigenvalue weighted by atomic mass is 16.3. The lowest BCUT2D eigenvalue weighted by Crippen LogP contribution is -1.95. The Hall–Kier alpha value is -2.68. The summed E-state index contributed by atoms with van der Waals surface area (Å²) in [7, 11) is 0. The number of para-hydroxylation sites is 1. The Kier molecular flexibility index (Phi) is 3.88. The summed E-state index contributed by atoms with van der Waals surface area (Å²) in [6.45, 7) is 3.45.